The lowest BCUT2D eigenvalue weighted by Crippen LogP contribution is -2.38. The van der Waals surface area contributed by atoms with Crippen LogP contribution in [0.25, 0.3) is 11.3 Å². The monoisotopic (exact) mass is 381 g/mol. The van der Waals surface area contributed by atoms with E-state index in [1.54, 1.807) is 17.0 Å². The molecule has 0 atom stereocenters. The molecule has 0 unspecified atom stereocenters. The van der Waals surface area contributed by atoms with Crippen molar-refractivity contribution in [2.75, 3.05) is 20.3 Å². The number of amides is 1. The highest BCUT2D eigenvalue weighted by atomic mass is 19.1. The molecule has 1 aliphatic rings. The van der Waals surface area contributed by atoms with Gasteiger partial charge >= 0.3 is 0 Å². The molecular formula is C21H20FN3O3. The summed E-state index contributed by atoms with van der Waals surface area (Å²) in [6, 6.07) is 14.2. The second-order valence-corrected chi connectivity index (χ2v) is 6.53. The molecule has 3 aromatic rings. The van der Waals surface area contributed by atoms with Gasteiger partial charge in [0, 0.05) is 11.1 Å². The van der Waals surface area contributed by atoms with Crippen LogP contribution in [-0.4, -0.2) is 41.3 Å². The van der Waals surface area contributed by atoms with E-state index in [0.29, 0.717) is 31.0 Å². The van der Waals surface area contributed by atoms with E-state index in [-0.39, 0.29) is 18.1 Å². The fraction of sp³-hybridized carbons (Fsp3) is 0.238. The van der Waals surface area contributed by atoms with Crippen LogP contribution < -0.4 is 9.47 Å². The summed E-state index contributed by atoms with van der Waals surface area (Å²) in [6.07, 6.45) is 0.222. The smallest absolute Gasteiger partial charge is 0.227 e. The zero-order valence-electron chi connectivity index (χ0n) is 15.4. The molecule has 1 aromatic heterocycles. The highest BCUT2D eigenvalue weighted by Crippen LogP contribution is 2.31. The minimum atomic E-state index is -0.460. The first-order valence-electron chi connectivity index (χ1n) is 9.01. The third kappa shape index (κ3) is 3.55. The summed E-state index contributed by atoms with van der Waals surface area (Å²) < 4.78 is 24.7. The number of nitrogens with zero attached hydrogens (tertiary/aromatic N) is 2. The van der Waals surface area contributed by atoms with Gasteiger partial charge in [-0.05, 0) is 30.3 Å². The first-order chi connectivity index (χ1) is 13.7. The minimum Gasteiger partial charge on any atom is -0.494 e. The van der Waals surface area contributed by atoms with Crippen molar-refractivity contribution in [3.8, 4) is 22.8 Å². The molecule has 6 nitrogen and oxygen atoms in total. The third-order valence-electron chi connectivity index (χ3n) is 4.78. The van der Waals surface area contributed by atoms with Crippen molar-refractivity contribution in [2.24, 2.45) is 0 Å². The summed E-state index contributed by atoms with van der Waals surface area (Å²) in [4.78, 5) is 14.3. The molecule has 0 spiro atoms. The van der Waals surface area contributed by atoms with Crippen LogP contribution in [0.15, 0.2) is 48.5 Å². The number of hydrogen-bond acceptors (Lipinski definition) is 4. The molecule has 0 radical (unpaired) electrons. The number of halogens is 1. The van der Waals surface area contributed by atoms with E-state index >= 15 is 0 Å². The molecule has 0 saturated carbocycles. The number of fused-ring (bicyclic) bond motifs is 1. The molecule has 2 heterocycles. The lowest BCUT2D eigenvalue weighted by atomic mass is 9.99. The predicted molar refractivity (Wildman–Crippen MR) is 102 cm³/mol. The number of H-pyrrole nitrogens is 1. The van der Waals surface area contributed by atoms with E-state index in [1.807, 2.05) is 30.3 Å². The van der Waals surface area contributed by atoms with E-state index in [2.05, 4.69) is 10.2 Å². The van der Waals surface area contributed by atoms with E-state index in [0.717, 1.165) is 17.0 Å². The molecule has 144 valence electrons. The lowest BCUT2D eigenvalue weighted by molar-refractivity contribution is -0.132. The molecule has 0 saturated heterocycles. The van der Waals surface area contributed by atoms with Crippen molar-refractivity contribution in [2.45, 2.75) is 13.0 Å². The molecule has 0 aliphatic carbocycles. The number of benzene rings is 2. The molecule has 7 heteroatoms. The quantitative estimate of drug-likeness (QED) is 0.712. The number of aromatic nitrogens is 2. The second kappa shape index (κ2) is 7.72. The molecule has 1 amide bonds. The minimum absolute atomic E-state index is 0.000736. The molecule has 0 fully saturated rings. The maximum Gasteiger partial charge on any atom is 0.227 e. The Labute approximate surface area is 161 Å². The van der Waals surface area contributed by atoms with Gasteiger partial charge in [-0.15, -0.1) is 0 Å². The van der Waals surface area contributed by atoms with Crippen molar-refractivity contribution in [1.82, 2.24) is 15.1 Å². The van der Waals surface area contributed by atoms with Crippen molar-refractivity contribution < 1.29 is 18.7 Å². The van der Waals surface area contributed by atoms with E-state index in [9.17, 15) is 9.18 Å². The number of aromatic amines is 1. The van der Waals surface area contributed by atoms with Crippen molar-refractivity contribution >= 4 is 5.91 Å². The van der Waals surface area contributed by atoms with Crippen LogP contribution in [0, 0.1) is 5.82 Å². The summed E-state index contributed by atoms with van der Waals surface area (Å²) in [7, 11) is 1.42. The molecular weight excluding hydrogens is 361 g/mol. The highest BCUT2D eigenvalue weighted by Gasteiger charge is 2.28. The van der Waals surface area contributed by atoms with Crippen LogP contribution in [0.1, 0.15) is 11.3 Å². The predicted octanol–water partition coefficient (Wildman–Crippen LogP) is 3.19. The Hall–Kier alpha value is -3.35. The SMILES string of the molecule is COc1ccc(-c2n[nH]c3c2CC(=O)N(CCOc2ccccc2)C3)cc1F. The summed E-state index contributed by atoms with van der Waals surface area (Å²) in [6.45, 7) is 1.33. The Balaban J connectivity index is 1.46. The van der Waals surface area contributed by atoms with Crippen LogP contribution >= 0.6 is 0 Å². The fourth-order valence-corrected chi connectivity index (χ4v) is 3.31. The van der Waals surface area contributed by atoms with E-state index in [1.165, 1.54) is 13.2 Å². The van der Waals surface area contributed by atoms with Crippen LogP contribution in [0.4, 0.5) is 4.39 Å². The molecule has 0 bridgehead atoms. The first kappa shape index (κ1) is 18.0. The van der Waals surface area contributed by atoms with Gasteiger partial charge in [0.2, 0.25) is 5.91 Å². The van der Waals surface area contributed by atoms with Crippen molar-refractivity contribution in [1.29, 1.82) is 0 Å². The second-order valence-electron chi connectivity index (χ2n) is 6.53. The molecule has 1 N–H and O–H groups in total. The molecule has 4 rings (SSSR count). The Bertz CT molecular complexity index is 988. The van der Waals surface area contributed by atoms with Crippen molar-refractivity contribution in [3.05, 3.63) is 65.6 Å². The average molecular weight is 381 g/mol. The zero-order valence-corrected chi connectivity index (χ0v) is 15.4. The number of hydrogen-bond donors (Lipinski definition) is 1. The fourth-order valence-electron chi connectivity index (χ4n) is 3.31. The maximum absolute atomic E-state index is 14.0. The summed E-state index contributed by atoms with van der Waals surface area (Å²) in [5.41, 5.74) is 2.90. The Morgan fingerprint density at radius 2 is 2.04 bits per heavy atom. The number of rotatable bonds is 6. The van der Waals surface area contributed by atoms with Gasteiger partial charge < -0.3 is 14.4 Å². The number of para-hydroxylation sites is 1. The van der Waals surface area contributed by atoms with Gasteiger partial charge in [-0.1, -0.05) is 18.2 Å². The lowest BCUT2D eigenvalue weighted by Gasteiger charge is -2.26. The Morgan fingerprint density at radius 1 is 1.21 bits per heavy atom. The molecule has 1 aliphatic heterocycles. The summed E-state index contributed by atoms with van der Waals surface area (Å²) in [5, 5.41) is 7.31. The Morgan fingerprint density at radius 3 is 2.79 bits per heavy atom. The number of nitrogens with one attached hydrogen (secondary N) is 1. The summed E-state index contributed by atoms with van der Waals surface area (Å²) >= 11 is 0. The van der Waals surface area contributed by atoms with Crippen LogP contribution in [-0.2, 0) is 17.8 Å². The van der Waals surface area contributed by atoms with E-state index < -0.39 is 5.82 Å². The Kier molecular flexibility index (Phi) is 4.97. The number of carbonyl (C=O) groups is 1. The van der Waals surface area contributed by atoms with Crippen LogP contribution in [0.2, 0.25) is 0 Å². The normalized spacial score (nSPS) is 13.4. The van der Waals surface area contributed by atoms with Crippen LogP contribution in [0.3, 0.4) is 0 Å². The topological polar surface area (TPSA) is 67.5 Å². The zero-order chi connectivity index (χ0) is 19.5. The standard InChI is InChI=1S/C21H20FN3O3/c1-27-19-8-7-14(11-17(19)22)21-16-12-20(26)25(13-18(16)23-24-21)9-10-28-15-5-3-2-4-6-15/h2-8,11H,9-10,12-13H2,1H3,(H,23,24). The largest absolute Gasteiger partial charge is 0.494 e. The van der Waals surface area contributed by atoms with Gasteiger partial charge in [0.1, 0.15) is 12.4 Å². The first-order valence-corrected chi connectivity index (χ1v) is 9.01. The molecule has 2 aromatic carbocycles. The van der Waals surface area contributed by atoms with E-state index in [4.69, 9.17) is 9.47 Å². The third-order valence-corrected chi connectivity index (χ3v) is 4.78. The average Bonchev–Trinajstić information content (AvgIpc) is 3.11. The van der Waals surface area contributed by atoms with Gasteiger partial charge in [0.05, 0.1) is 38.0 Å². The van der Waals surface area contributed by atoms with Gasteiger partial charge in [-0.2, -0.15) is 5.10 Å². The number of ether oxygens (including phenoxy) is 2. The van der Waals surface area contributed by atoms with Gasteiger partial charge in [-0.3, -0.25) is 9.89 Å². The van der Waals surface area contributed by atoms with Crippen LogP contribution in [0.5, 0.6) is 11.5 Å². The number of methoxy groups -OCH3 is 1. The highest BCUT2D eigenvalue weighted by molar-refractivity contribution is 5.83. The summed E-state index contributed by atoms with van der Waals surface area (Å²) in [5.74, 6) is 0.492. The molecule has 28 heavy (non-hydrogen) atoms. The van der Waals surface area contributed by atoms with Gasteiger partial charge in [-0.25, -0.2) is 4.39 Å². The van der Waals surface area contributed by atoms with Crippen molar-refractivity contribution in [3.63, 3.8) is 0 Å². The van der Waals surface area contributed by atoms with Gasteiger partial charge in [0.15, 0.2) is 11.6 Å². The maximum atomic E-state index is 14.0. The van der Waals surface area contributed by atoms with Gasteiger partial charge in [0.25, 0.3) is 0 Å². The number of carbonyl (C=O) groups excluding carboxylic acids is 1.